The normalized spacial score (nSPS) is 13.9. The van der Waals surface area contributed by atoms with E-state index < -0.39 is 15.3 Å². The van der Waals surface area contributed by atoms with Crippen molar-refractivity contribution in [2.24, 2.45) is 5.14 Å². The molecule has 4 nitrogen and oxygen atoms in total. The van der Waals surface area contributed by atoms with E-state index in [4.69, 9.17) is 5.14 Å². The molecule has 0 saturated carbocycles. The Hall–Kier alpha value is -1.07. The van der Waals surface area contributed by atoms with E-state index in [0.717, 1.165) is 0 Å². The molecule has 0 amide bonds. The van der Waals surface area contributed by atoms with Crippen molar-refractivity contribution in [1.82, 2.24) is 0 Å². The van der Waals surface area contributed by atoms with Gasteiger partial charge in [0, 0.05) is 0 Å². The Morgan fingerprint density at radius 3 is 2.50 bits per heavy atom. The second-order valence-electron chi connectivity index (χ2n) is 3.23. The first-order valence-corrected chi connectivity index (χ1v) is 5.80. The lowest BCUT2D eigenvalue weighted by Gasteiger charge is -2.09. The molecule has 0 aliphatic carbocycles. The van der Waals surface area contributed by atoms with Gasteiger partial charge in [-0.1, -0.05) is 18.2 Å². The molecule has 1 rings (SSSR count). The average molecular weight is 215 g/mol. The number of sulfonamides is 1. The van der Waals surface area contributed by atoms with Crippen LogP contribution in [0.4, 0.5) is 0 Å². The highest BCUT2D eigenvalue weighted by molar-refractivity contribution is 7.89. The molecular weight excluding hydrogens is 202 g/mol. The summed E-state index contributed by atoms with van der Waals surface area (Å²) >= 11 is 0. The van der Waals surface area contributed by atoms with E-state index in [9.17, 15) is 13.5 Å². The number of phenolic OH excluding ortho intramolecular Hbond substituents is 1. The lowest BCUT2D eigenvalue weighted by molar-refractivity contribution is 0.467. The maximum Gasteiger partial charge on any atom is 0.212 e. The first-order valence-electron chi connectivity index (χ1n) is 4.19. The lowest BCUT2D eigenvalue weighted by Crippen LogP contribution is -2.27. The number of benzene rings is 1. The van der Waals surface area contributed by atoms with Crippen LogP contribution in [0.2, 0.25) is 0 Å². The quantitative estimate of drug-likeness (QED) is 0.775. The Kier molecular flexibility index (Phi) is 3.13. The number of para-hydroxylation sites is 1. The second kappa shape index (κ2) is 3.98. The Labute approximate surface area is 83.4 Å². The molecule has 0 aliphatic heterocycles. The molecule has 3 N–H and O–H groups in total. The number of phenols is 1. The highest BCUT2D eigenvalue weighted by atomic mass is 32.2. The van der Waals surface area contributed by atoms with Gasteiger partial charge >= 0.3 is 0 Å². The zero-order valence-corrected chi connectivity index (χ0v) is 8.66. The lowest BCUT2D eigenvalue weighted by atomic mass is 10.1. The van der Waals surface area contributed by atoms with Gasteiger partial charge in [-0.3, -0.25) is 0 Å². The summed E-state index contributed by atoms with van der Waals surface area (Å²) < 4.78 is 21.9. The van der Waals surface area contributed by atoms with Crippen molar-refractivity contribution in [3.8, 4) is 5.75 Å². The van der Waals surface area contributed by atoms with Gasteiger partial charge in [0.15, 0.2) is 0 Å². The van der Waals surface area contributed by atoms with Gasteiger partial charge in [-0.05, 0) is 25.0 Å². The molecule has 1 atom stereocenters. The monoisotopic (exact) mass is 215 g/mol. The van der Waals surface area contributed by atoms with Crippen molar-refractivity contribution < 1.29 is 13.5 Å². The smallest absolute Gasteiger partial charge is 0.212 e. The third kappa shape index (κ3) is 2.71. The van der Waals surface area contributed by atoms with Gasteiger partial charge in [0.25, 0.3) is 0 Å². The number of hydrogen-bond acceptors (Lipinski definition) is 3. The largest absolute Gasteiger partial charge is 0.508 e. The molecule has 0 saturated heterocycles. The van der Waals surface area contributed by atoms with Crippen molar-refractivity contribution >= 4 is 10.0 Å². The van der Waals surface area contributed by atoms with Crippen molar-refractivity contribution in [1.29, 1.82) is 0 Å². The fraction of sp³-hybridized carbons (Fsp3) is 0.333. The predicted octanol–water partition coefficient (Wildman–Crippen LogP) is 0.612. The standard InChI is InChI=1S/C9H13NO3S/c1-7(14(10,12)13)6-8-4-2-3-5-9(8)11/h2-5,7,11H,6H2,1H3,(H2,10,12,13). The second-order valence-corrected chi connectivity index (χ2v) is 5.22. The van der Waals surface area contributed by atoms with Gasteiger partial charge in [0.2, 0.25) is 10.0 Å². The molecule has 0 aliphatic rings. The van der Waals surface area contributed by atoms with E-state index in [1.807, 2.05) is 0 Å². The van der Waals surface area contributed by atoms with Gasteiger partial charge in [-0.2, -0.15) is 0 Å². The van der Waals surface area contributed by atoms with Crippen LogP contribution in [0.5, 0.6) is 5.75 Å². The molecule has 1 aromatic rings. The first-order chi connectivity index (χ1) is 6.41. The molecule has 14 heavy (non-hydrogen) atoms. The summed E-state index contributed by atoms with van der Waals surface area (Å²) in [5.74, 6) is 0.100. The first kappa shape index (κ1) is 11.0. The molecule has 0 heterocycles. The zero-order chi connectivity index (χ0) is 10.8. The van der Waals surface area contributed by atoms with Crippen LogP contribution in [0.1, 0.15) is 12.5 Å². The minimum absolute atomic E-state index is 0.100. The predicted molar refractivity (Wildman–Crippen MR) is 54.4 cm³/mol. The van der Waals surface area contributed by atoms with Gasteiger partial charge in [-0.25, -0.2) is 13.6 Å². The number of rotatable bonds is 3. The summed E-state index contributed by atoms with van der Waals surface area (Å²) in [6.07, 6.45) is 0.228. The van der Waals surface area contributed by atoms with E-state index in [1.165, 1.54) is 13.0 Å². The molecular formula is C9H13NO3S. The Balaban J connectivity index is 2.85. The molecule has 0 aromatic heterocycles. The summed E-state index contributed by atoms with van der Waals surface area (Å²) in [5.41, 5.74) is 0.592. The van der Waals surface area contributed by atoms with Crippen LogP contribution in [0, 0.1) is 0 Å². The van der Waals surface area contributed by atoms with Crippen LogP contribution in [0.3, 0.4) is 0 Å². The van der Waals surface area contributed by atoms with E-state index in [2.05, 4.69) is 0 Å². The van der Waals surface area contributed by atoms with E-state index >= 15 is 0 Å². The maximum absolute atomic E-state index is 10.9. The molecule has 0 bridgehead atoms. The Morgan fingerprint density at radius 1 is 1.43 bits per heavy atom. The third-order valence-electron chi connectivity index (χ3n) is 2.06. The fourth-order valence-electron chi connectivity index (χ4n) is 1.11. The number of hydrogen-bond donors (Lipinski definition) is 2. The molecule has 1 aromatic carbocycles. The minimum atomic E-state index is -3.53. The molecule has 0 radical (unpaired) electrons. The Morgan fingerprint density at radius 2 is 2.00 bits per heavy atom. The van der Waals surface area contributed by atoms with E-state index in [0.29, 0.717) is 5.56 Å². The van der Waals surface area contributed by atoms with E-state index in [1.54, 1.807) is 18.2 Å². The minimum Gasteiger partial charge on any atom is -0.508 e. The van der Waals surface area contributed by atoms with Crippen molar-refractivity contribution in [2.75, 3.05) is 0 Å². The van der Waals surface area contributed by atoms with Gasteiger partial charge in [0.1, 0.15) is 5.75 Å². The van der Waals surface area contributed by atoms with Gasteiger partial charge in [-0.15, -0.1) is 0 Å². The summed E-state index contributed by atoms with van der Waals surface area (Å²) in [7, 11) is -3.53. The SMILES string of the molecule is CC(Cc1ccccc1O)S(N)(=O)=O. The van der Waals surface area contributed by atoms with Crippen LogP contribution < -0.4 is 5.14 Å². The van der Waals surface area contributed by atoms with Crippen molar-refractivity contribution in [3.05, 3.63) is 29.8 Å². The topological polar surface area (TPSA) is 80.4 Å². The van der Waals surface area contributed by atoms with Crippen molar-refractivity contribution in [3.63, 3.8) is 0 Å². The summed E-state index contributed by atoms with van der Waals surface area (Å²) in [6, 6.07) is 6.62. The van der Waals surface area contributed by atoms with Gasteiger partial charge < -0.3 is 5.11 Å². The highest BCUT2D eigenvalue weighted by Gasteiger charge is 2.17. The van der Waals surface area contributed by atoms with Crippen molar-refractivity contribution in [2.45, 2.75) is 18.6 Å². The molecule has 0 spiro atoms. The number of primary sulfonamides is 1. The number of nitrogens with two attached hydrogens (primary N) is 1. The molecule has 5 heteroatoms. The summed E-state index contributed by atoms with van der Waals surface area (Å²) in [6.45, 7) is 1.52. The van der Waals surface area contributed by atoms with Crippen LogP contribution in [0.25, 0.3) is 0 Å². The summed E-state index contributed by atoms with van der Waals surface area (Å²) in [5, 5.41) is 13.7. The average Bonchev–Trinajstić information content (AvgIpc) is 2.07. The summed E-state index contributed by atoms with van der Waals surface area (Å²) in [4.78, 5) is 0. The van der Waals surface area contributed by atoms with Crippen LogP contribution in [0.15, 0.2) is 24.3 Å². The third-order valence-corrected chi connectivity index (χ3v) is 3.35. The zero-order valence-electron chi connectivity index (χ0n) is 7.84. The van der Waals surface area contributed by atoms with E-state index in [-0.39, 0.29) is 12.2 Å². The highest BCUT2D eigenvalue weighted by Crippen LogP contribution is 2.18. The van der Waals surface area contributed by atoms with Crippen LogP contribution in [-0.4, -0.2) is 18.8 Å². The molecule has 0 fully saturated rings. The molecule has 78 valence electrons. The van der Waals surface area contributed by atoms with Crippen LogP contribution >= 0.6 is 0 Å². The van der Waals surface area contributed by atoms with Crippen LogP contribution in [-0.2, 0) is 16.4 Å². The fourth-order valence-corrected chi connectivity index (χ4v) is 1.52. The van der Waals surface area contributed by atoms with Gasteiger partial charge in [0.05, 0.1) is 5.25 Å². The molecule has 1 unspecified atom stereocenters. The number of aromatic hydroxyl groups is 1. The Bertz CT molecular complexity index is 414. The maximum atomic E-state index is 10.9.